The lowest BCUT2D eigenvalue weighted by molar-refractivity contribution is 0.232. The molecule has 2 rings (SSSR count). The SMILES string of the molecule is COc1cc(CN2CCNCC2)cc(C)c1F. The normalized spacial score (nSPS) is 17.1. The molecule has 4 heteroatoms. The van der Waals surface area contributed by atoms with E-state index in [-0.39, 0.29) is 5.82 Å². The number of halogens is 1. The molecular weight excluding hydrogens is 219 g/mol. The molecule has 0 spiro atoms. The highest BCUT2D eigenvalue weighted by Crippen LogP contribution is 2.23. The van der Waals surface area contributed by atoms with Gasteiger partial charge in [-0.15, -0.1) is 0 Å². The number of nitrogens with zero attached hydrogens (tertiary/aromatic N) is 1. The second-order valence-corrected chi connectivity index (χ2v) is 4.46. The first-order valence-corrected chi connectivity index (χ1v) is 5.97. The van der Waals surface area contributed by atoms with Crippen molar-refractivity contribution in [2.24, 2.45) is 0 Å². The van der Waals surface area contributed by atoms with E-state index >= 15 is 0 Å². The quantitative estimate of drug-likeness (QED) is 0.864. The van der Waals surface area contributed by atoms with Crippen molar-refractivity contribution in [1.29, 1.82) is 0 Å². The molecule has 1 fully saturated rings. The number of ether oxygens (including phenoxy) is 1. The number of hydrogen-bond acceptors (Lipinski definition) is 3. The average molecular weight is 238 g/mol. The van der Waals surface area contributed by atoms with E-state index in [1.54, 1.807) is 13.0 Å². The Morgan fingerprint density at radius 1 is 1.35 bits per heavy atom. The van der Waals surface area contributed by atoms with Gasteiger partial charge in [0.05, 0.1) is 7.11 Å². The molecule has 1 aliphatic rings. The highest BCUT2D eigenvalue weighted by Gasteiger charge is 2.13. The molecule has 17 heavy (non-hydrogen) atoms. The second kappa shape index (κ2) is 5.47. The summed E-state index contributed by atoms with van der Waals surface area (Å²) in [5, 5.41) is 3.32. The van der Waals surface area contributed by atoms with Crippen LogP contribution in [-0.2, 0) is 6.54 Å². The molecule has 0 atom stereocenters. The zero-order valence-electron chi connectivity index (χ0n) is 10.4. The molecule has 1 heterocycles. The molecule has 0 radical (unpaired) electrons. The van der Waals surface area contributed by atoms with Crippen LogP contribution < -0.4 is 10.1 Å². The Morgan fingerprint density at radius 3 is 2.71 bits per heavy atom. The first kappa shape index (κ1) is 12.3. The molecular formula is C13H19FN2O. The summed E-state index contributed by atoms with van der Waals surface area (Å²) in [6.45, 7) is 6.77. The zero-order chi connectivity index (χ0) is 12.3. The smallest absolute Gasteiger partial charge is 0.167 e. The van der Waals surface area contributed by atoms with Crippen molar-refractivity contribution < 1.29 is 9.13 Å². The Bertz CT molecular complexity index is 389. The molecule has 1 aliphatic heterocycles. The van der Waals surface area contributed by atoms with E-state index in [4.69, 9.17) is 4.74 Å². The van der Waals surface area contributed by atoms with E-state index < -0.39 is 0 Å². The van der Waals surface area contributed by atoms with Crippen molar-refractivity contribution in [3.05, 3.63) is 29.1 Å². The van der Waals surface area contributed by atoms with Gasteiger partial charge in [0, 0.05) is 32.7 Å². The van der Waals surface area contributed by atoms with Gasteiger partial charge in [-0.1, -0.05) is 6.07 Å². The summed E-state index contributed by atoms with van der Waals surface area (Å²) >= 11 is 0. The van der Waals surface area contributed by atoms with Gasteiger partial charge in [-0.25, -0.2) is 4.39 Å². The molecule has 1 saturated heterocycles. The highest BCUT2D eigenvalue weighted by atomic mass is 19.1. The molecule has 1 aromatic rings. The Kier molecular flexibility index (Phi) is 3.97. The van der Waals surface area contributed by atoms with Gasteiger partial charge in [-0.3, -0.25) is 4.90 Å². The molecule has 0 bridgehead atoms. The van der Waals surface area contributed by atoms with E-state index in [1.807, 2.05) is 6.07 Å². The van der Waals surface area contributed by atoms with Crippen molar-refractivity contribution in [3.8, 4) is 5.75 Å². The molecule has 0 aromatic heterocycles. The summed E-state index contributed by atoms with van der Waals surface area (Å²) in [4.78, 5) is 2.36. The van der Waals surface area contributed by atoms with Crippen LogP contribution in [0.25, 0.3) is 0 Å². The van der Waals surface area contributed by atoms with Crippen LogP contribution in [0.3, 0.4) is 0 Å². The number of nitrogens with one attached hydrogen (secondary N) is 1. The predicted octanol–water partition coefficient (Wildman–Crippen LogP) is 1.55. The highest BCUT2D eigenvalue weighted by molar-refractivity contribution is 5.35. The first-order valence-electron chi connectivity index (χ1n) is 5.97. The fourth-order valence-corrected chi connectivity index (χ4v) is 2.18. The van der Waals surface area contributed by atoms with Gasteiger partial charge in [0.1, 0.15) is 0 Å². The fraction of sp³-hybridized carbons (Fsp3) is 0.538. The topological polar surface area (TPSA) is 24.5 Å². The van der Waals surface area contributed by atoms with Crippen LogP contribution in [0.4, 0.5) is 4.39 Å². The zero-order valence-corrected chi connectivity index (χ0v) is 10.4. The van der Waals surface area contributed by atoms with Crippen LogP contribution in [0.5, 0.6) is 5.75 Å². The van der Waals surface area contributed by atoms with Gasteiger partial charge < -0.3 is 10.1 Å². The monoisotopic (exact) mass is 238 g/mol. The number of methoxy groups -OCH3 is 1. The molecule has 94 valence electrons. The third-order valence-electron chi connectivity index (χ3n) is 3.12. The average Bonchev–Trinajstić information content (AvgIpc) is 2.35. The van der Waals surface area contributed by atoms with Crippen LogP contribution in [0.2, 0.25) is 0 Å². The van der Waals surface area contributed by atoms with Gasteiger partial charge in [0.15, 0.2) is 11.6 Å². The molecule has 3 nitrogen and oxygen atoms in total. The van der Waals surface area contributed by atoms with Gasteiger partial charge in [0.25, 0.3) is 0 Å². The van der Waals surface area contributed by atoms with E-state index in [0.717, 1.165) is 38.3 Å². The van der Waals surface area contributed by atoms with Crippen molar-refractivity contribution in [3.63, 3.8) is 0 Å². The molecule has 0 amide bonds. The van der Waals surface area contributed by atoms with Crippen LogP contribution in [0.1, 0.15) is 11.1 Å². The summed E-state index contributed by atoms with van der Waals surface area (Å²) < 4.78 is 18.7. The number of rotatable bonds is 3. The van der Waals surface area contributed by atoms with Crippen LogP contribution in [-0.4, -0.2) is 38.2 Å². The largest absolute Gasteiger partial charge is 0.494 e. The lowest BCUT2D eigenvalue weighted by Gasteiger charge is -2.27. The maximum absolute atomic E-state index is 13.6. The number of hydrogen-bond donors (Lipinski definition) is 1. The Labute approximate surface area is 102 Å². The van der Waals surface area contributed by atoms with Crippen molar-refractivity contribution in [1.82, 2.24) is 10.2 Å². The summed E-state index contributed by atoms with van der Waals surface area (Å²) in [5.41, 5.74) is 1.76. The minimum Gasteiger partial charge on any atom is -0.494 e. The standard InChI is InChI=1S/C13H19FN2O/c1-10-7-11(8-12(17-2)13(10)14)9-16-5-3-15-4-6-16/h7-8,15H,3-6,9H2,1-2H3. The molecule has 1 aromatic carbocycles. The van der Waals surface area contributed by atoms with Gasteiger partial charge in [-0.2, -0.15) is 0 Å². The van der Waals surface area contributed by atoms with Gasteiger partial charge in [0.2, 0.25) is 0 Å². The maximum Gasteiger partial charge on any atom is 0.167 e. The Morgan fingerprint density at radius 2 is 2.06 bits per heavy atom. The summed E-state index contributed by atoms with van der Waals surface area (Å²) in [6.07, 6.45) is 0. The first-order chi connectivity index (χ1) is 8.20. The Balaban J connectivity index is 2.12. The van der Waals surface area contributed by atoms with Crippen LogP contribution in [0, 0.1) is 12.7 Å². The van der Waals surface area contributed by atoms with Gasteiger partial charge in [-0.05, 0) is 24.1 Å². The van der Waals surface area contributed by atoms with E-state index in [9.17, 15) is 4.39 Å². The van der Waals surface area contributed by atoms with Crippen molar-refractivity contribution >= 4 is 0 Å². The van der Waals surface area contributed by atoms with E-state index in [2.05, 4.69) is 10.2 Å². The van der Waals surface area contributed by atoms with Crippen molar-refractivity contribution in [2.45, 2.75) is 13.5 Å². The summed E-state index contributed by atoms with van der Waals surface area (Å²) in [7, 11) is 1.51. The second-order valence-electron chi connectivity index (χ2n) is 4.46. The van der Waals surface area contributed by atoms with E-state index in [1.165, 1.54) is 7.11 Å². The summed E-state index contributed by atoms with van der Waals surface area (Å²) in [6, 6.07) is 3.70. The minimum absolute atomic E-state index is 0.253. The van der Waals surface area contributed by atoms with Crippen molar-refractivity contribution in [2.75, 3.05) is 33.3 Å². The minimum atomic E-state index is -0.253. The maximum atomic E-state index is 13.6. The molecule has 0 saturated carbocycles. The number of benzene rings is 1. The van der Waals surface area contributed by atoms with Crippen LogP contribution >= 0.6 is 0 Å². The Hall–Kier alpha value is -1.13. The predicted molar refractivity (Wildman–Crippen MR) is 65.8 cm³/mol. The van der Waals surface area contributed by atoms with E-state index in [0.29, 0.717) is 11.3 Å². The number of piperazine rings is 1. The number of aryl methyl sites for hydroxylation is 1. The lowest BCUT2D eigenvalue weighted by atomic mass is 10.1. The van der Waals surface area contributed by atoms with Crippen LogP contribution in [0.15, 0.2) is 12.1 Å². The molecule has 0 aliphatic carbocycles. The van der Waals surface area contributed by atoms with Gasteiger partial charge >= 0.3 is 0 Å². The molecule has 0 unspecified atom stereocenters. The third-order valence-corrected chi connectivity index (χ3v) is 3.12. The fourth-order valence-electron chi connectivity index (χ4n) is 2.18. The lowest BCUT2D eigenvalue weighted by Crippen LogP contribution is -2.42. The molecule has 1 N–H and O–H groups in total. The summed E-state index contributed by atoms with van der Waals surface area (Å²) in [5.74, 6) is 0.0895. The third kappa shape index (κ3) is 2.96.